The molecule has 54 valence electrons. The molecule has 0 saturated heterocycles. The highest BCUT2D eigenvalue weighted by Crippen LogP contribution is 2.13. The molecule has 4 N–H and O–H groups in total. The third-order valence-corrected chi connectivity index (χ3v) is 1.49. The van der Waals surface area contributed by atoms with Gasteiger partial charge in [-0.05, 0) is 6.07 Å². The molecule has 1 rings (SSSR count). The lowest BCUT2D eigenvalue weighted by molar-refractivity contribution is 1.05. The molecule has 3 nitrogen and oxygen atoms in total. The Balaban J connectivity index is 3.09. The number of anilines is 1. The molecule has 0 bridgehead atoms. The van der Waals surface area contributed by atoms with E-state index < -0.39 is 0 Å². The summed E-state index contributed by atoms with van der Waals surface area (Å²) in [5, 5.41) is 0.428. The van der Waals surface area contributed by atoms with Crippen LogP contribution in [0, 0.1) is 0 Å². The molecule has 1 aromatic heterocycles. The second kappa shape index (κ2) is 2.86. The van der Waals surface area contributed by atoms with Crippen molar-refractivity contribution < 1.29 is 0 Å². The van der Waals surface area contributed by atoms with Crippen LogP contribution in [-0.4, -0.2) is 4.98 Å². The first kappa shape index (κ1) is 7.31. The predicted octanol–water partition coefficient (Wildman–Crippen LogP) is 0.776. The molecule has 0 fully saturated rings. The number of rotatable bonds is 1. The molecular weight excluding hydrogens is 150 g/mol. The summed E-state index contributed by atoms with van der Waals surface area (Å²) in [5.41, 5.74) is 12.1. The zero-order valence-corrected chi connectivity index (χ0v) is 6.10. The number of hydrogen-bond acceptors (Lipinski definition) is 3. The van der Waals surface area contributed by atoms with Crippen molar-refractivity contribution in [2.24, 2.45) is 5.73 Å². The highest BCUT2D eigenvalue weighted by Gasteiger charge is 1.97. The van der Waals surface area contributed by atoms with Crippen molar-refractivity contribution in [1.29, 1.82) is 0 Å². The molecule has 4 heteroatoms. The van der Waals surface area contributed by atoms with Gasteiger partial charge < -0.3 is 11.5 Å². The lowest BCUT2D eigenvalue weighted by atomic mass is 10.3. The van der Waals surface area contributed by atoms with E-state index in [9.17, 15) is 0 Å². The van der Waals surface area contributed by atoms with Gasteiger partial charge in [0, 0.05) is 12.1 Å². The number of aromatic nitrogens is 1. The van der Waals surface area contributed by atoms with Gasteiger partial charge in [0.05, 0.1) is 11.9 Å². The molecular formula is C6H8ClN3. The fourth-order valence-corrected chi connectivity index (χ4v) is 0.836. The Hall–Kier alpha value is -0.800. The largest absolute Gasteiger partial charge is 0.397 e. The molecule has 0 aliphatic rings. The minimum atomic E-state index is 0.372. The summed E-state index contributed by atoms with van der Waals surface area (Å²) < 4.78 is 0. The zero-order chi connectivity index (χ0) is 7.56. The van der Waals surface area contributed by atoms with Crippen molar-refractivity contribution in [3.8, 4) is 0 Å². The van der Waals surface area contributed by atoms with E-state index in [-0.39, 0.29) is 0 Å². The monoisotopic (exact) mass is 157 g/mol. The Kier molecular flexibility index (Phi) is 2.09. The van der Waals surface area contributed by atoms with Crippen LogP contribution in [0.2, 0.25) is 5.15 Å². The number of hydrogen-bond donors (Lipinski definition) is 2. The Labute approximate surface area is 64.0 Å². The maximum absolute atomic E-state index is 5.65. The Morgan fingerprint density at radius 2 is 2.30 bits per heavy atom. The third-order valence-electron chi connectivity index (χ3n) is 1.15. The number of halogens is 1. The number of pyridine rings is 1. The normalized spacial score (nSPS) is 9.80. The molecule has 0 unspecified atom stereocenters. The fourth-order valence-electron chi connectivity index (χ4n) is 0.655. The lowest BCUT2D eigenvalue weighted by Gasteiger charge is -1.99. The van der Waals surface area contributed by atoms with Gasteiger partial charge >= 0.3 is 0 Å². The van der Waals surface area contributed by atoms with Crippen molar-refractivity contribution in [1.82, 2.24) is 4.98 Å². The van der Waals surface area contributed by atoms with Gasteiger partial charge in [0.1, 0.15) is 5.15 Å². The van der Waals surface area contributed by atoms with Gasteiger partial charge in [-0.1, -0.05) is 11.6 Å². The van der Waals surface area contributed by atoms with Crippen LogP contribution in [0.3, 0.4) is 0 Å². The van der Waals surface area contributed by atoms with Gasteiger partial charge in [0.15, 0.2) is 0 Å². The van der Waals surface area contributed by atoms with Crippen LogP contribution in [0.5, 0.6) is 0 Å². The third kappa shape index (κ3) is 1.37. The van der Waals surface area contributed by atoms with E-state index in [2.05, 4.69) is 4.98 Å². The smallest absolute Gasteiger partial charge is 0.133 e. The second-order valence-electron chi connectivity index (χ2n) is 1.92. The second-order valence-corrected chi connectivity index (χ2v) is 2.28. The molecule has 1 heterocycles. The van der Waals surface area contributed by atoms with E-state index in [0.29, 0.717) is 17.4 Å². The highest BCUT2D eigenvalue weighted by atomic mass is 35.5. The molecule has 0 aliphatic carbocycles. The van der Waals surface area contributed by atoms with Gasteiger partial charge in [-0.2, -0.15) is 0 Å². The first-order valence-electron chi connectivity index (χ1n) is 2.84. The number of nitrogens with zero attached hydrogens (tertiary/aromatic N) is 1. The summed E-state index contributed by atoms with van der Waals surface area (Å²) in [6.07, 6.45) is 1.50. The van der Waals surface area contributed by atoms with Crippen LogP contribution in [0.25, 0.3) is 0 Å². The summed E-state index contributed by atoms with van der Waals surface area (Å²) in [5.74, 6) is 0. The molecule has 0 radical (unpaired) electrons. The van der Waals surface area contributed by atoms with Gasteiger partial charge in [-0.3, -0.25) is 0 Å². The molecule has 0 aliphatic heterocycles. The summed E-state index contributed by atoms with van der Waals surface area (Å²) >= 11 is 5.65. The summed E-state index contributed by atoms with van der Waals surface area (Å²) in [4.78, 5) is 3.81. The van der Waals surface area contributed by atoms with Gasteiger partial charge in [0.2, 0.25) is 0 Å². The topological polar surface area (TPSA) is 64.9 Å². The highest BCUT2D eigenvalue weighted by molar-refractivity contribution is 6.30. The van der Waals surface area contributed by atoms with Gasteiger partial charge in [0.25, 0.3) is 0 Å². The quantitative estimate of drug-likeness (QED) is 0.592. The van der Waals surface area contributed by atoms with E-state index >= 15 is 0 Å². The van der Waals surface area contributed by atoms with Crippen LogP contribution >= 0.6 is 11.6 Å². The van der Waals surface area contributed by atoms with Crippen molar-refractivity contribution >= 4 is 17.3 Å². The zero-order valence-electron chi connectivity index (χ0n) is 5.34. The minimum absolute atomic E-state index is 0.372. The van der Waals surface area contributed by atoms with Gasteiger partial charge in [-0.25, -0.2) is 4.98 Å². The first-order chi connectivity index (χ1) is 4.74. The minimum Gasteiger partial charge on any atom is -0.397 e. The van der Waals surface area contributed by atoms with Crippen LogP contribution in [0.1, 0.15) is 5.56 Å². The lowest BCUT2D eigenvalue weighted by Crippen LogP contribution is -1.99. The van der Waals surface area contributed by atoms with Crippen LogP contribution in [0.4, 0.5) is 5.69 Å². The van der Waals surface area contributed by atoms with E-state index in [1.807, 2.05) is 0 Å². The molecule has 10 heavy (non-hydrogen) atoms. The predicted molar refractivity (Wildman–Crippen MR) is 41.6 cm³/mol. The van der Waals surface area contributed by atoms with Crippen molar-refractivity contribution in [2.45, 2.75) is 6.54 Å². The van der Waals surface area contributed by atoms with Crippen LogP contribution in [0.15, 0.2) is 12.3 Å². The molecule has 0 spiro atoms. The summed E-state index contributed by atoms with van der Waals surface area (Å²) in [7, 11) is 0. The summed E-state index contributed by atoms with van der Waals surface area (Å²) in [6, 6.07) is 1.72. The van der Waals surface area contributed by atoms with Crippen molar-refractivity contribution in [2.75, 3.05) is 5.73 Å². The molecule has 0 amide bonds. The molecule has 1 aromatic rings. The number of nitrogen functional groups attached to an aromatic ring is 1. The van der Waals surface area contributed by atoms with Crippen molar-refractivity contribution in [3.63, 3.8) is 0 Å². The standard InChI is InChI=1S/C6H8ClN3/c7-6-4(2-8)1-5(9)3-10-6/h1,3H,2,8-9H2. The summed E-state index contributed by atoms with van der Waals surface area (Å²) in [6.45, 7) is 0.372. The SMILES string of the molecule is NCc1cc(N)cnc1Cl. The Morgan fingerprint density at radius 3 is 2.80 bits per heavy atom. The van der Waals surface area contributed by atoms with E-state index in [0.717, 1.165) is 5.56 Å². The average Bonchev–Trinajstić information content (AvgIpc) is 1.94. The molecule has 0 atom stereocenters. The maximum Gasteiger partial charge on any atom is 0.133 e. The Morgan fingerprint density at radius 1 is 1.60 bits per heavy atom. The first-order valence-corrected chi connectivity index (χ1v) is 3.22. The van der Waals surface area contributed by atoms with E-state index in [4.69, 9.17) is 23.1 Å². The van der Waals surface area contributed by atoms with Crippen LogP contribution in [-0.2, 0) is 6.54 Å². The van der Waals surface area contributed by atoms with Gasteiger partial charge in [-0.15, -0.1) is 0 Å². The average molecular weight is 158 g/mol. The van der Waals surface area contributed by atoms with E-state index in [1.54, 1.807) is 6.07 Å². The maximum atomic E-state index is 5.65. The van der Waals surface area contributed by atoms with E-state index in [1.165, 1.54) is 6.20 Å². The molecule has 0 saturated carbocycles. The Bertz CT molecular complexity index is 236. The van der Waals surface area contributed by atoms with Crippen LogP contribution < -0.4 is 11.5 Å². The number of nitrogens with two attached hydrogens (primary N) is 2. The van der Waals surface area contributed by atoms with Crippen molar-refractivity contribution in [3.05, 3.63) is 23.0 Å². The molecule has 0 aromatic carbocycles. The fraction of sp³-hybridized carbons (Fsp3) is 0.167.